The molecule has 2 N–H and O–H groups in total. The van der Waals surface area contributed by atoms with Gasteiger partial charge < -0.3 is 15.2 Å². The maximum Gasteiger partial charge on any atom is 0.248 e. The highest BCUT2D eigenvalue weighted by Crippen LogP contribution is 2.36. The normalized spacial score (nSPS) is 23.0. The molecule has 6 heteroatoms. The first-order chi connectivity index (χ1) is 12.2. The van der Waals surface area contributed by atoms with Crippen molar-refractivity contribution >= 4 is 0 Å². The monoisotopic (exact) mass is 341 g/mol. The van der Waals surface area contributed by atoms with Crippen LogP contribution in [0.5, 0.6) is 0 Å². The van der Waals surface area contributed by atoms with Crippen LogP contribution in [0.2, 0.25) is 0 Å². The predicted octanol–water partition coefficient (Wildman–Crippen LogP) is 2.13. The molecule has 2 fully saturated rings. The third kappa shape index (κ3) is 3.34. The van der Waals surface area contributed by atoms with Crippen LogP contribution >= 0.6 is 0 Å². The molecule has 1 aromatic heterocycles. The SMILES string of the molecule is CN1CCN(C(c2ccccc2)c2nc(C3(N)CCCC3)no2)CC1. The van der Waals surface area contributed by atoms with Gasteiger partial charge in [0.05, 0.1) is 5.54 Å². The van der Waals surface area contributed by atoms with E-state index in [1.54, 1.807) is 0 Å². The van der Waals surface area contributed by atoms with Crippen molar-refractivity contribution in [3.05, 3.63) is 47.6 Å². The van der Waals surface area contributed by atoms with Gasteiger partial charge in [0, 0.05) is 26.2 Å². The van der Waals surface area contributed by atoms with Gasteiger partial charge in [-0.05, 0) is 25.5 Å². The molecule has 134 valence electrons. The van der Waals surface area contributed by atoms with Crippen molar-refractivity contribution in [2.45, 2.75) is 37.3 Å². The number of likely N-dealkylation sites (N-methyl/N-ethyl adjacent to an activating group) is 1. The zero-order chi connectivity index (χ0) is 17.3. The van der Waals surface area contributed by atoms with Gasteiger partial charge in [-0.15, -0.1) is 0 Å². The van der Waals surface area contributed by atoms with E-state index >= 15 is 0 Å². The minimum atomic E-state index is -0.412. The smallest absolute Gasteiger partial charge is 0.248 e. The Morgan fingerprint density at radius 3 is 2.44 bits per heavy atom. The fourth-order valence-corrected chi connectivity index (χ4v) is 4.00. The summed E-state index contributed by atoms with van der Waals surface area (Å²) in [4.78, 5) is 9.56. The number of nitrogens with two attached hydrogens (primary N) is 1. The molecule has 1 unspecified atom stereocenters. The van der Waals surface area contributed by atoms with Crippen molar-refractivity contribution in [2.75, 3.05) is 33.2 Å². The van der Waals surface area contributed by atoms with Crippen LogP contribution in [0, 0.1) is 0 Å². The summed E-state index contributed by atoms with van der Waals surface area (Å²) in [7, 11) is 2.16. The number of nitrogens with zero attached hydrogens (tertiary/aromatic N) is 4. The molecule has 1 saturated carbocycles. The Balaban J connectivity index is 1.65. The molecule has 1 atom stereocenters. The van der Waals surface area contributed by atoms with Gasteiger partial charge in [0.15, 0.2) is 5.82 Å². The molecular formula is C19H27N5O. The number of hydrogen-bond donors (Lipinski definition) is 1. The molecule has 1 aliphatic carbocycles. The van der Waals surface area contributed by atoms with Crippen molar-refractivity contribution in [1.82, 2.24) is 19.9 Å². The summed E-state index contributed by atoms with van der Waals surface area (Å²) in [6.07, 6.45) is 4.16. The summed E-state index contributed by atoms with van der Waals surface area (Å²) in [5, 5.41) is 4.28. The largest absolute Gasteiger partial charge is 0.337 e. The Labute approximate surface area is 149 Å². The van der Waals surface area contributed by atoms with E-state index in [-0.39, 0.29) is 6.04 Å². The highest BCUT2D eigenvalue weighted by atomic mass is 16.5. The lowest BCUT2D eigenvalue weighted by atomic mass is 9.98. The Bertz CT molecular complexity index is 687. The molecule has 0 bridgehead atoms. The summed E-state index contributed by atoms with van der Waals surface area (Å²) in [6, 6.07) is 10.5. The lowest BCUT2D eigenvalue weighted by Gasteiger charge is -2.36. The molecule has 25 heavy (non-hydrogen) atoms. The van der Waals surface area contributed by atoms with E-state index in [0.717, 1.165) is 51.9 Å². The van der Waals surface area contributed by atoms with Crippen LogP contribution in [0.3, 0.4) is 0 Å². The average molecular weight is 341 g/mol. The summed E-state index contributed by atoms with van der Waals surface area (Å²) < 4.78 is 5.74. The van der Waals surface area contributed by atoms with Crippen LogP contribution in [0.4, 0.5) is 0 Å². The molecule has 2 aliphatic rings. The van der Waals surface area contributed by atoms with E-state index < -0.39 is 5.54 Å². The predicted molar refractivity (Wildman–Crippen MR) is 96.0 cm³/mol. The minimum Gasteiger partial charge on any atom is -0.337 e. The summed E-state index contributed by atoms with van der Waals surface area (Å²) >= 11 is 0. The van der Waals surface area contributed by atoms with E-state index in [1.807, 2.05) is 6.07 Å². The first kappa shape index (κ1) is 16.7. The van der Waals surface area contributed by atoms with Crippen LogP contribution in [0.25, 0.3) is 0 Å². The molecule has 2 aromatic rings. The number of rotatable bonds is 4. The molecule has 0 spiro atoms. The lowest BCUT2D eigenvalue weighted by molar-refractivity contribution is 0.111. The van der Waals surface area contributed by atoms with Crippen molar-refractivity contribution in [2.24, 2.45) is 5.73 Å². The van der Waals surface area contributed by atoms with Crippen LogP contribution in [0.1, 0.15) is 49.0 Å². The van der Waals surface area contributed by atoms with E-state index in [9.17, 15) is 0 Å². The summed E-state index contributed by atoms with van der Waals surface area (Å²) in [5.74, 6) is 1.34. The van der Waals surface area contributed by atoms with Gasteiger partial charge in [-0.1, -0.05) is 48.3 Å². The molecule has 1 aromatic carbocycles. The quantitative estimate of drug-likeness (QED) is 0.919. The van der Waals surface area contributed by atoms with Crippen molar-refractivity contribution < 1.29 is 4.52 Å². The maximum absolute atomic E-state index is 6.52. The van der Waals surface area contributed by atoms with Crippen LogP contribution < -0.4 is 5.73 Å². The number of piperazine rings is 1. The summed E-state index contributed by atoms with van der Waals surface area (Å²) in [6.45, 7) is 4.07. The minimum absolute atomic E-state index is 0.00107. The van der Waals surface area contributed by atoms with Gasteiger partial charge in [-0.25, -0.2) is 0 Å². The molecular weight excluding hydrogens is 314 g/mol. The molecule has 1 aliphatic heterocycles. The zero-order valence-electron chi connectivity index (χ0n) is 14.9. The number of benzene rings is 1. The third-order valence-electron chi connectivity index (χ3n) is 5.64. The standard InChI is InChI=1S/C19H27N5O/c1-23-11-13-24(14-12-23)16(15-7-3-2-4-8-15)17-21-18(22-25-17)19(20)9-5-6-10-19/h2-4,7-8,16H,5-6,9-14,20H2,1H3. The second-order valence-corrected chi connectivity index (χ2v) is 7.47. The van der Waals surface area contributed by atoms with E-state index in [2.05, 4.69) is 46.3 Å². The molecule has 0 amide bonds. The topological polar surface area (TPSA) is 71.4 Å². The Morgan fingerprint density at radius 2 is 1.76 bits per heavy atom. The maximum atomic E-state index is 6.52. The van der Waals surface area contributed by atoms with Gasteiger partial charge in [0.25, 0.3) is 0 Å². The molecule has 6 nitrogen and oxygen atoms in total. The van der Waals surface area contributed by atoms with Crippen molar-refractivity contribution in [1.29, 1.82) is 0 Å². The van der Waals surface area contributed by atoms with Gasteiger partial charge in [-0.2, -0.15) is 4.98 Å². The highest BCUT2D eigenvalue weighted by Gasteiger charge is 2.38. The van der Waals surface area contributed by atoms with E-state index in [0.29, 0.717) is 11.7 Å². The number of hydrogen-bond acceptors (Lipinski definition) is 6. The van der Waals surface area contributed by atoms with Crippen LogP contribution in [0.15, 0.2) is 34.9 Å². The molecule has 2 heterocycles. The fourth-order valence-electron chi connectivity index (χ4n) is 4.00. The second-order valence-electron chi connectivity index (χ2n) is 7.47. The van der Waals surface area contributed by atoms with Gasteiger partial charge >= 0.3 is 0 Å². The summed E-state index contributed by atoms with van der Waals surface area (Å²) in [5.41, 5.74) is 7.31. The van der Waals surface area contributed by atoms with Gasteiger partial charge in [0.2, 0.25) is 5.89 Å². The molecule has 1 saturated heterocycles. The van der Waals surface area contributed by atoms with Crippen LogP contribution in [-0.4, -0.2) is 53.2 Å². The Morgan fingerprint density at radius 1 is 1.08 bits per heavy atom. The Hall–Kier alpha value is -1.76. The first-order valence-corrected chi connectivity index (χ1v) is 9.26. The third-order valence-corrected chi connectivity index (χ3v) is 5.64. The molecule has 0 radical (unpaired) electrons. The first-order valence-electron chi connectivity index (χ1n) is 9.26. The van der Waals surface area contributed by atoms with E-state index in [4.69, 9.17) is 15.2 Å². The van der Waals surface area contributed by atoms with Gasteiger partial charge in [0.1, 0.15) is 6.04 Å². The zero-order valence-corrected chi connectivity index (χ0v) is 14.9. The van der Waals surface area contributed by atoms with Crippen molar-refractivity contribution in [3.8, 4) is 0 Å². The number of aromatic nitrogens is 2. The second kappa shape index (κ2) is 6.86. The van der Waals surface area contributed by atoms with Crippen LogP contribution in [-0.2, 0) is 5.54 Å². The van der Waals surface area contributed by atoms with Crippen molar-refractivity contribution in [3.63, 3.8) is 0 Å². The lowest BCUT2D eigenvalue weighted by Crippen LogP contribution is -2.46. The average Bonchev–Trinajstić information content (AvgIpc) is 3.28. The Kier molecular flexibility index (Phi) is 4.58. The molecule has 4 rings (SSSR count). The fraction of sp³-hybridized carbons (Fsp3) is 0.579. The highest BCUT2D eigenvalue weighted by molar-refractivity contribution is 5.25. The van der Waals surface area contributed by atoms with E-state index in [1.165, 1.54) is 5.56 Å². The van der Waals surface area contributed by atoms with Gasteiger partial charge in [-0.3, -0.25) is 4.90 Å².